The topological polar surface area (TPSA) is 66.4 Å². The van der Waals surface area contributed by atoms with Gasteiger partial charge < -0.3 is 10.4 Å². The highest BCUT2D eigenvalue weighted by Gasteiger charge is 2.18. The number of hydrogen-bond donors (Lipinski definition) is 2. The molecule has 1 atom stereocenters. The first-order valence-corrected chi connectivity index (χ1v) is 4.73. The molecule has 0 fully saturated rings. The van der Waals surface area contributed by atoms with Crippen LogP contribution in [0.5, 0.6) is 0 Å². The molecule has 0 saturated carbocycles. The van der Waals surface area contributed by atoms with Crippen molar-refractivity contribution in [1.29, 1.82) is 0 Å². The van der Waals surface area contributed by atoms with Crippen molar-refractivity contribution in [1.82, 2.24) is 5.32 Å². The number of benzene rings is 1. The predicted molar refractivity (Wildman–Crippen MR) is 55.3 cm³/mol. The summed E-state index contributed by atoms with van der Waals surface area (Å²) in [4.78, 5) is 21.6. The summed E-state index contributed by atoms with van der Waals surface area (Å²) in [6, 6.07) is 4.51. The first kappa shape index (κ1) is 12.2. The Labute approximate surface area is 92.1 Å². The highest BCUT2D eigenvalue weighted by Crippen LogP contribution is 2.06. The van der Waals surface area contributed by atoms with Gasteiger partial charge in [0.2, 0.25) is 5.91 Å². The van der Waals surface area contributed by atoms with Crippen LogP contribution in [-0.4, -0.2) is 23.0 Å². The van der Waals surface area contributed by atoms with Crippen molar-refractivity contribution < 1.29 is 19.1 Å². The van der Waals surface area contributed by atoms with Crippen LogP contribution in [0.1, 0.15) is 12.5 Å². The van der Waals surface area contributed by atoms with Crippen molar-refractivity contribution >= 4 is 11.9 Å². The van der Waals surface area contributed by atoms with Gasteiger partial charge in [-0.1, -0.05) is 12.1 Å². The molecule has 5 heteroatoms. The molecule has 0 radical (unpaired) electrons. The third-order valence-electron chi connectivity index (χ3n) is 2.03. The van der Waals surface area contributed by atoms with Crippen LogP contribution in [0.3, 0.4) is 0 Å². The van der Waals surface area contributed by atoms with Crippen molar-refractivity contribution in [3.8, 4) is 0 Å². The second kappa shape index (κ2) is 5.25. The molecule has 0 aliphatic rings. The minimum atomic E-state index is -1.11. The normalized spacial score (nSPS) is 11.9. The van der Waals surface area contributed by atoms with Crippen molar-refractivity contribution in [3.63, 3.8) is 0 Å². The fourth-order valence-corrected chi connectivity index (χ4v) is 1.30. The Kier molecular flexibility index (Phi) is 3.99. The fraction of sp³-hybridized carbons (Fsp3) is 0.273. The Balaban J connectivity index is 2.71. The maximum atomic E-state index is 12.6. The molecule has 16 heavy (non-hydrogen) atoms. The van der Waals surface area contributed by atoms with Gasteiger partial charge in [0.25, 0.3) is 0 Å². The molecule has 86 valence electrons. The van der Waals surface area contributed by atoms with Crippen LogP contribution in [0.15, 0.2) is 24.3 Å². The van der Waals surface area contributed by atoms with Crippen molar-refractivity contribution in [2.24, 2.45) is 0 Å². The SMILES string of the molecule is CC(=O)NC(Cc1ccc([18F])cc1)C(=O)O. The van der Waals surface area contributed by atoms with E-state index in [1.54, 1.807) is 0 Å². The third-order valence-corrected chi connectivity index (χ3v) is 2.03. The van der Waals surface area contributed by atoms with Crippen LogP contribution in [0.25, 0.3) is 0 Å². The molecule has 2 N–H and O–H groups in total. The molecule has 0 spiro atoms. The van der Waals surface area contributed by atoms with Crippen molar-refractivity contribution in [2.45, 2.75) is 19.4 Å². The molecule has 0 bridgehead atoms. The lowest BCUT2D eigenvalue weighted by molar-refractivity contribution is -0.141. The molecule has 1 unspecified atom stereocenters. The van der Waals surface area contributed by atoms with Crippen LogP contribution in [-0.2, 0) is 16.0 Å². The maximum absolute atomic E-state index is 12.6. The van der Waals surface area contributed by atoms with Gasteiger partial charge in [-0.15, -0.1) is 0 Å². The number of hydrogen-bond acceptors (Lipinski definition) is 2. The van der Waals surface area contributed by atoms with Gasteiger partial charge in [-0.3, -0.25) is 4.79 Å². The molecule has 1 amide bonds. The summed E-state index contributed by atoms with van der Waals surface area (Å²) in [5, 5.41) is 11.2. The summed E-state index contributed by atoms with van der Waals surface area (Å²) in [5.74, 6) is -1.90. The zero-order chi connectivity index (χ0) is 12.1. The lowest BCUT2D eigenvalue weighted by atomic mass is 10.1. The van der Waals surface area contributed by atoms with Crippen LogP contribution in [0.2, 0.25) is 0 Å². The summed E-state index contributed by atoms with van der Waals surface area (Å²) in [6.07, 6.45) is 0.134. The Morgan fingerprint density at radius 2 is 1.94 bits per heavy atom. The molecular weight excluding hydrogens is 212 g/mol. The number of halogens is 1. The Hall–Kier alpha value is -1.91. The van der Waals surface area contributed by atoms with Gasteiger partial charge in [0.1, 0.15) is 11.9 Å². The minimum Gasteiger partial charge on any atom is -0.480 e. The van der Waals surface area contributed by atoms with Gasteiger partial charge >= 0.3 is 5.97 Å². The molecule has 0 heterocycles. The Morgan fingerprint density at radius 1 is 1.38 bits per heavy atom. The largest absolute Gasteiger partial charge is 0.480 e. The lowest BCUT2D eigenvalue weighted by Crippen LogP contribution is -2.41. The first-order valence-electron chi connectivity index (χ1n) is 4.73. The maximum Gasteiger partial charge on any atom is 0.326 e. The van der Waals surface area contributed by atoms with E-state index in [1.807, 2.05) is 0 Å². The lowest BCUT2D eigenvalue weighted by Gasteiger charge is -2.12. The van der Waals surface area contributed by atoms with Crippen molar-refractivity contribution in [3.05, 3.63) is 35.6 Å². The van der Waals surface area contributed by atoms with E-state index in [1.165, 1.54) is 31.2 Å². The van der Waals surface area contributed by atoms with Crippen molar-refractivity contribution in [2.75, 3.05) is 0 Å². The van der Waals surface area contributed by atoms with Crippen LogP contribution in [0.4, 0.5) is 4.39 Å². The molecule has 4 nitrogen and oxygen atoms in total. The van der Waals surface area contributed by atoms with Crippen LogP contribution in [0, 0.1) is 5.82 Å². The number of nitrogens with one attached hydrogen (secondary N) is 1. The quantitative estimate of drug-likeness (QED) is 0.800. The summed E-state index contributed by atoms with van der Waals surface area (Å²) >= 11 is 0. The molecular formula is C11H12FNO3. The average molecular weight is 224 g/mol. The Bertz CT molecular complexity index is 389. The number of carboxylic acids is 1. The molecule has 0 aromatic heterocycles. The fourth-order valence-electron chi connectivity index (χ4n) is 1.30. The number of amides is 1. The predicted octanol–water partition coefficient (Wildman–Crippen LogP) is 0.957. The number of carbonyl (C=O) groups is 2. The molecule has 0 aliphatic heterocycles. The number of aliphatic carboxylic acids is 1. The van der Waals surface area contributed by atoms with E-state index < -0.39 is 17.9 Å². The van der Waals surface area contributed by atoms with Crippen LogP contribution >= 0.6 is 0 Å². The summed E-state index contributed by atoms with van der Waals surface area (Å²) in [7, 11) is 0. The second-order valence-corrected chi connectivity index (χ2v) is 3.42. The molecule has 1 rings (SSSR count). The van der Waals surface area contributed by atoms with Gasteiger partial charge in [0.15, 0.2) is 0 Å². The highest BCUT2D eigenvalue weighted by molar-refractivity contribution is 5.82. The van der Waals surface area contributed by atoms with E-state index in [9.17, 15) is 14.0 Å². The Morgan fingerprint density at radius 3 is 2.38 bits per heavy atom. The van der Waals surface area contributed by atoms with E-state index in [2.05, 4.69) is 5.32 Å². The number of carbonyl (C=O) groups excluding carboxylic acids is 1. The standard InChI is InChI=1S/C11H12FNO3/c1-7(14)13-10(11(15)16)6-8-2-4-9(12)5-3-8/h2-5,10H,6H2,1H3,(H,13,14)(H,15,16)/i12-1. The molecule has 0 saturated heterocycles. The first-order chi connectivity index (χ1) is 7.49. The summed E-state index contributed by atoms with van der Waals surface area (Å²) < 4.78 is 12.6. The van der Waals surface area contributed by atoms with E-state index in [4.69, 9.17) is 5.11 Å². The highest BCUT2D eigenvalue weighted by atomic mass is 18.2. The van der Waals surface area contributed by atoms with Crippen LogP contribution < -0.4 is 5.32 Å². The summed E-state index contributed by atoms with van der Waals surface area (Å²) in [6.45, 7) is 1.25. The van der Waals surface area contributed by atoms with Gasteiger partial charge in [-0.05, 0) is 17.7 Å². The second-order valence-electron chi connectivity index (χ2n) is 3.42. The minimum absolute atomic E-state index is 0.134. The smallest absolute Gasteiger partial charge is 0.326 e. The summed E-state index contributed by atoms with van der Waals surface area (Å²) in [5.41, 5.74) is 0.655. The van der Waals surface area contributed by atoms with Gasteiger partial charge in [-0.25, -0.2) is 9.18 Å². The van der Waals surface area contributed by atoms with E-state index in [-0.39, 0.29) is 12.2 Å². The monoisotopic (exact) mass is 224 g/mol. The van der Waals surface area contributed by atoms with Gasteiger partial charge in [0, 0.05) is 13.3 Å². The molecule has 1 aromatic carbocycles. The van der Waals surface area contributed by atoms with E-state index in [0.717, 1.165) is 0 Å². The van der Waals surface area contributed by atoms with Gasteiger partial charge in [-0.2, -0.15) is 0 Å². The number of rotatable bonds is 4. The van der Waals surface area contributed by atoms with E-state index in [0.29, 0.717) is 5.56 Å². The number of carboxylic acid groups (broad SMARTS) is 1. The third kappa shape index (κ3) is 3.68. The zero-order valence-electron chi connectivity index (χ0n) is 8.74. The molecule has 1 aromatic rings. The average Bonchev–Trinajstić information content (AvgIpc) is 2.19. The van der Waals surface area contributed by atoms with Gasteiger partial charge in [0.05, 0.1) is 0 Å². The van der Waals surface area contributed by atoms with E-state index >= 15 is 0 Å². The zero-order valence-corrected chi connectivity index (χ0v) is 8.74. The molecule has 0 aliphatic carbocycles.